The van der Waals surface area contributed by atoms with Gasteiger partial charge in [0.05, 0.1) is 6.61 Å². The lowest BCUT2D eigenvalue weighted by Gasteiger charge is -2.23. The number of aryl methyl sites for hydroxylation is 3. The third-order valence-corrected chi connectivity index (χ3v) is 4.81. The molecular formula is C24H30N2O6. The van der Waals surface area contributed by atoms with E-state index in [0.29, 0.717) is 36.3 Å². The molecule has 0 saturated carbocycles. The van der Waals surface area contributed by atoms with E-state index in [9.17, 15) is 9.59 Å². The Kier molecular flexibility index (Phi) is 9.69. The van der Waals surface area contributed by atoms with E-state index < -0.39 is 11.9 Å². The Bertz CT molecular complexity index is 915. The molecule has 1 atom stereocenters. The molecule has 0 radical (unpaired) electrons. The third kappa shape index (κ3) is 8.39. The van der Waals surface area contributed by atoms with Gasteiger partial charge in [0.15, 0.2) is 5.75 Å². The number of aliphatic carboxylic acids is 2. The summed E-state index contributed by atoms with van der Waals surface area (Å²) < 4.78 is 12.2. The van der Waals surface area contributed by atoms with Crippen LogP contribution in [0.5, 0.6) is 17.4 Å². The van der Waals surface area contributed by atoms with E-state index in [1.807, 2.05) is 51.1 Å². The molecule has 0 spiro atoms. The summed E-state index contributed by atoms with van der Waals surface area (Å²) in [4.78, 5) is 23.7. The summed E-state index contributed by atoms with van der Waals surface area (Å²) in [6.07, 6.45) is 3.54. The van der Waals surface area contributed by atoms with Gasteiger partial charge in [0, 0.05) is 30.3 Å². The van der Waals surface area contributed by atoms with Crippen molar-refractivity contribution >= 4 is 11.9 Å². The Morgan fingerprint density at radius 1 is 1.09 bits per heavy atom. The highest BCUT2D eigenvalue weighted by molar-refractivity contribution is 5.89. The van der Waals surface area contributed by atoms with Crippen molar-refractivity contribution in [2.75, 3.05) is 19.7 Å². The van der Waals surface area contributed by atoms with Crippen LogP contribution in [0.1, 0.15) is 29.7 Å². The summed E-state index contributed by atoms with van der Waals surface area (Å²) in [5.74, 6) is 0.165. The Hall–Kier alpha value is -3.39. The summed E-state index contributed by atoms with van der Waals surface area (Å²) in [6.45, 7) is 8.89. The van der Waals surface area contributed by atoms with Crippen LogP contribution in [0.25, 0.3) is 0 Å². The van der Waals surface area contributed by atoms with Crippen molar-refractivity contribution in [3.63, 3.8) is 0 Å². The molecule has 1 fully saturated rings. The molecule has 3 rings (SSSR count). The van der Waals surface area contributed by atoms with Crippen molar-refractivity contribution < 1.29 is 29.3 Å². The third-order valence-electron chi connectivity index (χ3n) is 4.81. The number of para-hydroxylation sites is 1. The standard InChI is InChI=1S/C20H26N2O2.C4H4O4/c1-14-6-4-7-15(2)19(14)24-20-18(10-9-16(3)22-20)23-13-17-8-5-11-21-12-17;5-3(6)1-2-4(7)8/h4,6-7,9-10,17,21H,5,8,11-13H2,1-3H3;1-2H,(H,5,6)(H,7,8)/b;2-1+/t17-;/m0./s1. The van der Waals surface area contributed by atoms with Gasteiger partial charge < -0.3 is 25.0 Å². The van der Waals surface area contributed by atoms with Gasteiger partial charge in [-0.1, -0.05) is 18.2 Å². The molecule has 0 amide bonds. The van der Waals surface area contributed by atoms with Crippen molar-refractivity contribution in [2.45, 2.75) is 33.6 Å². The number of rotatable bonds is 7. The Morgan fingerprint density at radius 2 is 1.75 bits per heavy atom. The van der Waals surface area contributed by atoms with Crippen molar-refractivity contribution in [1.29, 1.82) is 0 Å². The molecule has 1 aromatic heterocycles. The maximum absolute atomic E-state index is 9.55. The fourth-order valence-corrected chi connectivity index (χ4v) is 3.18. The van der Waals surface area contributed by atoms with Crippen LogP contribution in [0, 0.1) is 26.7 Å². The molecule has 0 aliphatic carbocycles. The van der Waals surface area contributed by atoms with E-state index in [1.54, 1.807) is 0 Å². The number of piperidine rings is 1. The van der Waals surface area contributed by atoms with Crippen molar-refractivity contribution in [3.8, 4) is 17.4 Å². The smallest absolute Gasteiger partial charge is 0.328 e. The van der Waals surface area contributed by atoms with Gasteiger partial charge in [0.25, 0.3) is 5.88 Å². The molecule has 1 aliphatic heterocycles. The summed E-state index contributed by atoms with van der Waals surface area (Å²) >= 11 is 0. The number of nitrogens with zero attached hydrogens (tertiary/aromatic N) is 1. The maximum atomic E-state index is 9.55. The summed E-state index contributed by atoms with van der Waals surface area (Å²) in [6, 6.07) is 10.1. The van der Waals surface area contributed by atoms with Crippen LogP contribution in [-0.4, -0.2) is 46.8 Å². The normalized spacial score (nSPS) is 15.5. The predicted molar refractivity (Wildman–Crippen MR) is 120 cm³/mol. The van der Waals surface area contributed by atoms with Crippen molar-refractivity contribution in [3.05, 3.63) is 59.3 Å². The highest BCUT2D eigenvalue weighted by Crippen LogP contribution is 2.33. The summed E-state index contributed by atoms with van der Waals surface area (Å²) in [7, 11) is 0. The Labute approximate surface area is 187 Å². The second kappa shape index (κ2) is 12.5. The number of nitrogens with one attached hydrogen (secondary N) is 1. The molecule has 2 aromatic rings. The number of aromatic nitrogens is 1. The average Bonchev–Trinajstić information content (AvgIpc) is 2.75. The van der Waals surface area contributed by atoms with Crippen LogP contribution in [0.4, 0.5) is 0 Å². The number of carboxylic acid groups (broad SMARTS) is 2. The van der Waals surface area contributed by atoms with Crippen LogP contribution in [0.2, 0.25) is 0 Å². The second-order valence-electron chi connectivity index (χ2n) is 7.61. The molecule has 172 valence electrons. The molecule has 3 N–H and O–H groups in total. The molecule has 8 heteroatoms. The van der Waals surface area contributed by atoms with Crippen LogP contribution >= 0.6 is 0 Å². The van der Waals surface area contributed by atoms with E-state index in [-0.39, 0.29) is 0 Å². The fourth-order valence-electron chi connectivity index (χ4n) is 3.18. The summed E-state index contributed by atoms with van der Waals surface area (Å²) in [5.41, 5.74) is 3.12. The van der Waals surface area contributed by atoms with Gasteiger partial charge in [-0.15, -0.1) is 0 Å². The van der Waals surface area contributed by atoms with Gasteiger partial charge in [-0.05, 0) is 63.4 Å². The number of hydrogen-bond donors (Lipinski definition) is 3. The zero-order valence-corrected chi connectivity index (χ0v) is 18.6. The number of carboxylic acids is 2. The van der Waals surface area contributed by atoms with E-state index in [2.05, 4.69) is 10.3 Å². The second-order valence-corrected chi connectivity index (χ2v) is 7.61. The molecule has 2 heterocycles. The van der Waals surface area contributed by atoms with E-state index in [0.717, 1.165) is 35.7 Å². The molecule has 0 unspecified atom stereocenters. The highest BCUT2D eigenvalue weighted by atomic mass is 16.5. The molecule has 1 saturated heterocycles. The van der Waals surface area contributed by atoms with E-state index >= 15 is 0 Å². The number of ether oxygens (including phenoxy) is 2. The lowest BCUT2D eigenvalue weighted by molar-refractivity contribution is -0.134. The van der Waals surface area contributed by atoms with Crippen LogP contribution < -0.4 is 14.8 Å². The number of pyridine rings is 1. The molecule has 1 aliphatic rings. The van der Waals surface area contributed by atoms with Gasteiger partial charge in [0.1, 0.15) is 5.75 Å². The average molecular weight is 443 g/mol. The lowest BCUT2D eigenvalue weighted by Crippen LogP contribution is -2.33. The lowest BCUT2D eigenvalue weighted by atomic mass is 10.0. The molecule has 32 heavy (non-hydrogen) atoms. The minimum atomic E-state index is -1.26. The molecule has 1 aromatic carbocycles. The van der Waals surface area contributed by atoms with Crippen molar-refractivity contribution in [1.82, 2.24) is 10.3 Å². The van der Waals surface area contributed by atoms with E-state index in [4.69, 9.17) is 19.7 Å². The SMILES string of the molecule is Cc1ccc(OC[C@H]2CCCNC2)c(Oc2c(C)cccc2C)n1.O=C(O)/C=C/C(=O)O. The zero-order chi connectivity index (χ0) is 23.5. The van der Waals surface area contributed by atoms with Gasteiger partial charge in [-0.25, -0.2) is 14.6 Å². The van der Waals surface area contributed by atoms with Gasteiger partial charge >= 0.3 is 11.9 Å². The van der Waals surface area contributed by atoms with Gasteiger partial charge in [0.2, 0.25) is 0 Å². The van der Waals surface area contributed by atoms with Crippen molar-refractivity contribution in [2.24, 2.45) is 5.92 Å². The quantitative estimate of drug-likeness (QED) is 0.553. The first-order valence-corrected chi connectivity index (χ1v) is 10.5. The van der Waals surface area contributed by atoms with Gasteiger partial charge in [-0.2, -0.15) is 0 Å². The fraction of sp³-hybridized carbons (Fsp3) is 0.375. The first-order chi connectivity index (χ1) is 15.3. The maximum Gasteiger partial charge on any atom is 0.328 e. The van der Waals surface area contributed by atoms with Crippen LogP contribution in [-0.2, 0) is 9.59 Å². The minimum Gasteiger partial charge on any atom is -0.488 e. The van der Waals surface area contributed by atoms with E-state index in [1.165, 1.54) is 12.8 Å². The predicted octanol–water partition coefficient (Wildman–Crippen LogP) is 3.89. The minimum absolute atomic E-state index is 0.549. The van der Waals surface area contributed by atoms with Crippen LogP contribution in [0.3, 0.4) is 0 Å². The van der Waals surface area contributed by atoms with Gasteiger partial charge in [-0.3, -0.25) is 0 Å². The number of hydrogen-bond acceptors (Lipinski definition) is 6. The van der Waals surface area contributed by atoms with Crippen LogP contribution in [0.15, 0.2) is 42.5 Å². The number of benzene rings is 1. The molecule has 8 nitrogen and oxygen atoms in total. The number of carbonyl (C=O) groups is 2. The molecular weight excluding hydrogens is 412 g/mol. The summed E-state index contributed by atoms with van der Waals surface area (Å²) in [5, 5.41) is 19.0. The first kappa shape index (κ1) is 24.9. The first-order valence-electron chi connectivity index (χ1n) is 10.5. The molecule has 0 bridgehead atoms. The Morgan fingerprint density at radius 3 is 2.31 bits per heavy atom. The topological polar surface area (TPSA) is 118 Å². The Balaban J connectivity index is 0.000000390. The zero-order valence-electron chi connectivity index (χ0n) is 18.6. The monoisotopic (exact) mass is 442 g/mol. The highest BCUT2D eigenvalue weighted by Gasteiger charge is 2.16. The largest absolute Gasteiger partial charge is 0.488 e.